The first kappa shape index (κ1) is 17.8. The van der Waals surface area contributed by atoms with E-state index >= 15 is 0 Å². The van der Waals surface area contributed by atoms with Crippen LogP contribution in [-0.4, -0.2) is 29.8 Å². The van der Waals surface area contributed by atoms with E-state index in [1.807, 2.05) is 18.4 Å². The molecule has 0 aliphatic heterocycles. The largest absolute Gasteiger partial charge is 0.329 e. The van der Waals surface area contributed by atoms with E-state index in [0.717, 1.165) is 6.42 Å². The van der Waals surface area contributed by atoms with Crippen molar-refractivity contribution in [2.45, 2.75) is 13.3 Å². The van der Waals surface area contributed by atoms with Crippen LogP contribution < -0.4 is 5.32 Å². The predicted molar refractivity (Wildman–Crippen MR) is 95.6 cm³/mol. The number of anilines is 1. The van der Waals surface area contributed by atoms with Crippen molar-refractivity contribution in [2.24, 2.45) is 0 Å². The van der Waals surface area contributed by atoms with Gasteiger partial charge in [0.25, 0.3) is 5.91 Å². The number of rotatable bonds is 6. The van der Waals surface area contributed by atoms with E-state index in [4.69, 9.17) is 23.2 Å². The van der Waals surface area contributed by atoms with E-state index in [9.17, 15) is 9.59 Å². The molecule has 1 N–H and O–H groups in total. The Balaban J connectivity index is 2.06. The average Bonchev–Trinajstić information content (AvgIpc) is 3.04. The quantitative estimate of drug-likeness (QED) is 0.810. The number of halogens is 2. The average molecular weight is 371 g/mol. The summed E-state index contributed by atoms with van der Waals surface area (Å²) < 4.78 is 0. The minimum atomic E-state index is -0.312. The number of thiophene rings is 1. The zero-order valence-electron chi connectivity index (χ0n) is 12.5. The zero-order chi connectivity index (χ0) is 16.8. The van der Waals surface area contributed by atoms with E-state index in [2.05, 4.69) is 5.32 Å². The minimum absolute atomic E-state index is 0.0343. The van der Waals surface area contributed by atoms with Crippen molar-refractivity contribution in [3.63, 3.8) is 0 Å². The number of hydrogen-bond donors (Lipinski definition) is 1. The van der Waals surface area contributed by atoms with Crippen LogP contribution in [-0.2, 0) is 4.79 Å². The van der Waals surface area contributed by atoms with Gasteiger partial charge in [-0.2, -0.15) is 0 Å². The molecule has 4 nitrogen and oxygen atoms in total. The molecular weight excluding hydrogens is 355 g/mol. The second-order valence-electron chi connectivity index (χ2n) is 4.88. The third-order valence-electron chi connectivity index (χ3n) is 3.05. The normalized spacial score (nSPS) is 10.4. The molecule has 23 heavy (non-hydrogen) atoms. The summed E-state index contributed by atoms with van der Waals surface area (Å²) in [4.78, 5) is 26.8. The molecule has 0 unspecified atom stereocenters. The highest BCUT2D eigenvalue weighted by molar-refractivity contribution is 7.12. The third kappa shape index (κ3) is 4.96. The van der Waals surface area contributed by atoms with Crippen molar-refractivity contribution in [2.75, 3.05) is 18.4 Å². The van der Waals surface area contributed by atoms with Gasteiger partial charge in [-0.05, 0) is 36.1 Å². The molecule has 2 amide bonds. The Bertz CT molecular complexity index is 689. The van der Waals surface area contributed by atoms with Crippen LogP contribution in [0.3, 0.4) is 0 Å². The Hall–Kier alpha value is -1.56. The maximum atomic E-state index is 12.4. The van der Waals surface area contributed by atoms with Gasteiger partial charge in [0, 0.05) is 11.6 Å². The lowest BCUT2D eigenvalue weighted by molar-refractivity contribution is -0.116. The molecule has 2 rings (SSSR count). The van der Waals surface area contributed by atoms with Gasteiger partial charge in [-0.3, -0.25) is 9.59 Å². The fraction of sp³-hybridized carbons (Fsp3) is 0.250. The molecule has 0 saturated heterocycles. The molecule has 0 atom stereocenters. The van der Waals surface area contributed by atoms with Gasteiger partial charge in [0.2, 0.25) is 5.91 Å². The van der Waals surface area contributed by atoms with Gasteiger partial charge in [0.15, 0.2) is 0 Å². The van der Waals surface area contributed by atoms with Crippen LogP contribution in [0.25, 0.3) is 0 Å². The van der Waals surface area contributed by atoms with Crippen LogP contribution >= 0.6 is 34.5 Å². The highest BCUT2D eigenvalue weighted by Gasteiger charge is 2.19. The second-order valence-corrected chi connectivity index (χ2v) is 6.67. The topological polar surface area (TPSA) is 49.4 Å². The maximum Gasteiger partial charge on any atom is 0.264 e. The molecule has 0 bridgehead atoms. The van der Waals surface area contributed by atoms with Gasteiger partial charge in [-0.25, -0.2) is 0 Å². The fourth-order valence-corrected chi connectivity index (χ4v) is 3.06. The number of hydrogen-bond acceptors (Lipinski definition) is 3. The van der Waals surface area contributed by atoms with Crippen molar-refractivity contribution < 1.29 is 9.59 Å². The van der Waals surface area contributed by atoms with E-state index in [-0.39, 0.29) is 18.4 Å². The number of benzene rings is 1. The number of carbonyl (C=O) groups is 2. The van der Waals surface area contributed by atoms with Crippen LogP contribution in [0, 0.1) is 0 Å². The van der Waals surface area contributed by atoms with Crippen LogP contribution in [0.15, 0.2) is 35.7 Å². The van der Waals surface area contributed by atoms with E-state index in [1.54, 1.807) is 24.3 Å². The van der Waals surface area contributed by atoms with Crippen molar-refractivity contribution in [1.82, 2.24) is 4.90 Å². The van der Waals surface area contributed by atoms with Gasteiger partial charge >= 0.3 is 0 Å². The smallest absolute Gasteiger partial charge is 0.264 e. The molecule has 0 aliphatic rings. The van der Waals surface area contributed by atoms with E-state index in [0.29, 0.717) is 27.2 Å². The van der Waals surface area contributed by atoms with E-state index < -0.39 is 0 Å². The number of amides is 2. The van der Waals surface area contributed by atoms with Gasteiger partial charge in [0.1, 0.15) is 6.54 Å². The van der Waals surface area contributed by atoms with Crippen molar-refractivity contribution in [3.05, 3.63) is 50.6 Å². The first-order valence-corrected chi connectivity index (χ1v) is 8.72. The lowest BCUT2D eigenvalue weighted by atomic mass is 10.3. The molecule has 1 aromatic heterocycles. The van der Waals surface area contributed by atoms with Crippen molar-refractivity contribution >= 4 is 52.0 Å². The SMILES string of the molecule is CCCN(CC(=O)Nc1cc(Cl)ccc1Cl)C(=O)c1cccs1. The molecule has 0 radical (unpaired) electrons. The number of nitrogens with zero attached hydrogens (tertiary/aromatic N) is 1. The summed E-state index contributed by atoms with van der Waals surface area (Å²) in [6.07, 6.45) is 0.766. The molecule has 122 valence electrons. The monoisotopic (exact) mass is 370 g/mol. The van der Waals surface area contributed by atoms with Gasteiger partial charge in [-0.15, -0.1) is 11.3 Å². The van der Waals surface area contributed by atoms with Crippen molar-refractivity contribution in [3.8, 4) is 0 Å². The Morgan fingerprint density at radius 3 is 2.70 bits per heavy atom. The molecule has 0 spiro atoms. The second kappa shape index (κ2) is 8.34. The van der Waals surface area contributed by atoms with E-state index in [1.165, 1.54) is 16.2 Å². The third-order valence-corrected chi connectivity index (χ3v) is 4.47. The van der Waals surface area contributed by atoms with Crippen LogP contribution in [0.5, 0.6) is 0 Å². The molecular formula is C16H16Cl2N2O2S. The Labute approximate surface area is 149 Å². The first-order chi connectivity index (χ1) is 11.0. The molecule has 2 aromatic rings. The maximum absolute atomic E-state index is 12.4. The summed E-state index contributed by atoms with van der Waals surface area (Å²) in [6, 6.07) is 8.39. The molecule has 0 aliphatic carbocycles. The predicted octanol–water partition coefficient (Wildman–Crippen LogP) is 4.55. The lowest BCUT2D eigenvalue weighted by Crippen LogP contribution is -2.38. The lowest BCUT2D eigenvalue weighted by Gasteiger charge is -2.21. The number of nitrogens with one attached hydrogen (secondary N) is 1. The van der Waals surface area contributed by atoms with Gasteiger partial charge in [-0.1, -0.05) is 36.2 Å². The molecule has 1 heterocycles. The van der Waals surface area contributed by atoms with Crippen molar-refractivity contribution in [1.29, 1.82) is 0 Å². The van der Waals surface area contributed by atoms with Gasteiger partial charge in [0.05, 0.1) is 15.6 Å². The highest BCUT2D eigenvalue weighted by Crippen LogP contribution is 2.25. The molecule has 0 saturated carbocycles. The number of carbonyl (C=O) groups excluding carboxylic acids is 2. The Morgan fingerprint density at radius 1 is 1.26 bits per heavy atom. The summed E-state index contributed by atoms with van der Waals surface area (Å²) in [5.41, 5.74) is 0.434. The fourth-order valence-electron chi connectivity index (χ4n) is 2.03. The van der Waals surface area contributed by atoms with Crippen LogP contribution in [0.2, 0.25) is 10.0 Å². The Morgan fingerprint density at radius 2 is 2.04 bits per heavy atom. The first-order valence-electron chi connectivity index (χ1n) is 7.09. The Kier molecular flexibility index (Phi) is 6.45. The molecule has 1 aromatic carbocycles. The molecule has 0 fully saturated rings. The highest BCUT2D eigenvalue weighted by atomic mass is 35.5. The van der Waals surface area contributed by atoms with Gasteiger partial charge < -0.3 is 10.2 Å². The summed E-state index contributed by atoms with van der Waals surface area (Å²) in [5, 5.41) is 5.40. The summed E-state index contributed by atoms with van der Waals surface area (Å²) >= 11 is 13.3. The van der Waals surface area contributed by atoms with Crippen LogP contribution in [0.4, 0.5) is 5.69 Å². The summed E-state index contributed by atoms with van der Waals surface area (Å²) in [5.74, 6) is -0.457. The zero-order valence-corrected chi connectivity index (χ0v) is 14.8. The summed E-state index contributed by atoms with van der Waals surface area (Å²) in [6.45, 7) is 2.43. The van der Waals surface area contributed by atoms with Crippen LogP contribution in [0.1, 0.15) is 23.0 Å². The standard InChI is InChI=1S/C16H16Cl2N2O2S/c1-2-7-20(16(22)14-4-3-8-23-14)10-15(21)19-13-9-11(17)5-6-12(13)18/h3-6,8-9H,2,7,10H2,1H3,(H,19,21). The minimum Gasteiger partial charge on any atom is -0.329 e. The summed E-state index contributed by atoms with van der Waals surface area (Å²) in [7, 11) is 0. The molecule has 7 heteroatoms.